The van der Waals surface area contributed by atoms with Crippen LogP contribution in [0.2, 0.25) is 0 Å². The number of hydrogen-bond acceptors (Lipinski definition) is 4. The van der Waals surface area contributed by atoms with E-state index in [9.17, 15) is 9.59 Å². The first-order valence-corrected chi connectivity index (χ1v) is 11.3. The Morgan fingerprint density at radius 3 is 2.50 bits per heavy atom. The Bertz CT molecular complexity index is 952. The summed E-state index contributed by atoms with van der Waals surface area (Å²) in [6.07, 6.45) is 2.16. The van der Waals surface area contributed by atoms with Crippen molar-refractivity contribution in [2.24, 2.45) is 5.92 Å². The van der Waals surface area contributed by atoms with Gasteiger partial charge in [-0.1, -0.05) is 12.1 Å². The van der Waals surface area contributed by atoms with Crippen molar-refractivity contribution in [2.45, 2.75) is 26.3 Å². The first-order valence-electron chi connectivity index (χ1n) is 11.3. The summed E-state index contributed by atoms with van der Waals surface area (Å²) < 4.78 is 5.22. The smallest absolute Gasteiger partial charge is 0.322 e. The minimum absolute atomic E-state index is 0.0498. The quantitative estimate of drug-likeness (QED) is 0.699. The SMILES string of the molecule is COc1ccc(CN2CCC(CNC(=O)c3ccc(N4CCNC4=O)c(C)c3)CC2)cc1. The molecule has 0 unspecified atom stereocenters. The lowest BCUT2D eigenvalue weighted by atomic mass is 9.96. The summed E-state index contributed by atoms with van der Waals surface area (Å²) in [6, 6.07) is 13.7. The molecule has 2 N–H and O–H groups in total. The molecule has 7 nitrogen and oxygen atoms in total. The molecule has 2 aliphatic heterocycles. The minimum atomic E-state index is -0.0800. The van der Waals surface area contributed by atoms with E-state index in [0.717, 1.165) is 49.5 Å². The number of likely N-dealkylation sites (tertiary alicyclic amines) is 1. The molecule has 2 aromatic rings. The second-order valence-corrected chi connectivity index (χ2v) is 8.66. The number of carbonyl (C=O) groups is 2. The maximum atomic E-state index is 12.7. The normalized spacial score (nSPS) is 17.3. The van der Waals surface area contributed by atoms with Crippen molar-refractivity contribution in [3.8, 4) is 5.75 Å². The van der Waals surface area contributed by atoms with Crippen molar-refractivity contribution in [3.63, 3.8) is 0 Å². The molecule has 0 bridgehead atoms. The van der Waals surface area contributed by atoms with E-state index < -0.39 is 0 Å². The zero-order valence-electron chi connectivity index (χ0n) is 18.9. The zero-order chi connectivity index (χ0) is 22.5. The van der Waals surface area contributed by atoms with Gasteiger partial charge in [0.1, 0.15) is 5.75 Å². The van der Waals surface area contributed by atoms with Crippen molar-refractivity contribution >= 4 is 17.6 Å². The summed E-state index contributed by atoms with van der Waals surface area (Å²) in [5.74, 6) is 1.33. The van der Waals surface area contributed by atoms with Gasteiger partial charge in [0.2, 0.25) is 0 Å². The van der Waals surface area contributed by atoms with Crippen molar-refractivity contribution in [1.29, 1.82) is 0 Å². The van der Waals surface area contributed by atoms with Gasteiger partial charge in [-0.25, -0.2) is 4.79 Å². The number of aryl methyl sites for hydroxylation is 1. The van der Waals surface area contributed by atoms with Crippen LogP contribution in [-0.4, -0.2) is 56.7 Å². The van der Waals surface area contributed by atoms with Crippen LogP contribution in [0, 0.1) is 12.8 Å². The van der Waals surface area contributed by atoms with Crippen LogP contribution in [0.5, 0.6) is 5.75 Å². The average molecular weight is 437 g/mol. The Hall–Kier alpha value is -3.06. The summed E-state index contributed by atoms with van der Waals surface area (Å²) in [6.45, 7) is 6.98. The lowest BCUT2D eigenvalue weighted by Crippen LogP contribution is -2.38. The number of methoxy groups -OCH3 is 1. The third kappa shape index (κ3) is 5.22. The molecule has 0 atom stereocenters. The molecule has 4 rings (SSSR count). The third-order valence-electron chi connectivity index (χ3n) is 6.43. The minimum Gasteiger partial charge on any atom is -0.497 e. The highest BCUT2D eigenvalue weighted by molar-refractivity contribution is 5.97. The molecule has 0 radical (unpaired) electrons. The second-order valence-electron chi connectivity index (χ2n) is 8.66. The van der Waals surface area contributed by atoms with Gasteiger partial charge < -0.3 is 15.4 Å². The molecular weight excluding hydrogens is 404 g/mol. The monoisotopic (exact) mass is 436 g/mol. The fraction of sp³-hybridized carbons (Fsp3) is 0.440. The largest absolute Gasteiger partial charge is 0.497 e. The fourth-order valence-electron chi connectivity index (χ4n) is 4.48. The Labute approximate surface area is 189 Å². The lowest BCUT2D eigenvalue weighted by Gasteiger charge is -2.32. The molecule has 32 heavy (non-hydrogen) atoms. The summed E-state index contributed by atoms with van der Waals surface area (Å²) in [5, 5.41) is 5.92. The Kier molecular flexibility index (Phi) is 6.95. The van der Waals surface area contributed by atoms with Crippen LogP contribution in [0.3, 0.4) is 0 Å². The van der Waals surface area contributed by atoms with E-state index in [1.54, 1.807) is 18.1 Å². The van der Waals surface area contributed by atoms with Gasteiger partial charge in [-0.05, 0) is 80.2 Å². The summed E-state index contributed by atoms with van der Waals surface area (Å²) in [4.78, 5) is 28.8. The molecule has 0 spiro atoms. The van der Waals surface area contributed by atoms with Crippen molar-refractivity contribution in [2.75, 3.05) is 44.7 Å². The molecule has 3 amide bonds. The van der Waals surface area contributed by atoms with E-state index in [4.69, 9.17) is 4.74 Å². The van der Waals surface area contributed by atoms with Gasteiger partial charge in [-0.15, -0.1) is 0 Å². The number of anilines is 1. The number of nitrogens with zero attached hydrogens (tertiary/aromatic N) is 2. The maximum Gasteiger partial charge on any atom is 0.322 e. The number of rotatable bonds is 7. The average Bonchev–Trinajstić information content (AvgIpc) is 3.24. The predicted molar refractivity (Wildman–Crippen MR) is 125 cm³/mol. The van der Waals surface area contributed by atoms with Crippen LogP contribution in [-0.2, 0) is 6.54 Å². The number of amides is 3. The molecule has 170 valence electrons. The van der Waals surface area contributed by atoms with Gasteiger partial charge in [0.05, 0.1) is 7.11 Å². The highest BCUT2D eigenvalue weighted by Crippen LogP contribution is 2.23. The van der Waals surface area contributed by atoms with Gasteiger partial charge in [-0.3, -0.25) is 14.6 Å². The van der Waals surface area contributed by atoms with Crippen molar-refractivity contribution < 1.29 is 14.3 Å². The predicted octanol–water partition coefficient (Wildman–Crippen LogP) is 3.18. The van der Waals surface area contributed by atoms with Crippen LogP contribution in [0.1, 0.15) is 34.3 Å². The molecule has 2 aliphatic rings. The third-order valence-corrected chi connectivity index (χ3v) is 6.43. The number of urea groups is 1. The molecule has 0 aliphatic carbocycles. The first-order chi connectivity index (χ1) is 15.5. The molecule has 0 aromatic heterocycles. The standard InChI is InChI=1S/C25H32N4O3/c1-18-15-21(5-8-23(18)29-14-11-26-25(29)31)24(30)27-16-19-9-12-28(13-10-19)17-20-3-6-22(32-2)7-4-20/h3-8,15,19H,9-14,16-17H2,1-2H3,(H,26,31)(H,27,30). The number of piperidine rings is 1. The van der Waals surface area contributed by atoms with E-state index >= 15 is 0 Å². The van der Waals surface area contributed by atoms with Crippen molar-refractivity contribution in [1.82, 2.24) is 15.5 Å². The number of ether oxygens (including phenoxy) is 1. The molecule has 2 saturated heterocycles. The van der Waals surface area contributed by atoms with Crippen LogP contribution in [0.15, 0.2) is 42.5 Å². The molecule has 0 saturated carbocycles. The lowest BCUT2D eigenvalue weighted by molar-refractivity contribution is 0.0935. The number of nitrogens with one attached hydrogen (secondary N) is 2. The number of carbonyl (C=O) groups excluding carboxylic acids is 2. The fourth-order valence-corrected chi connectivity index (χ4v) is 4.48. The van der Waals surface area contributed by atoms with Crippen LogP contribution in [0.25, 0.3) is 0 Å². The van der Waals surface area contributed by atoms with Crippen molar-refractivity contribution in [3.05, 3.63) is 59.2 Å². The van der Waals surface area contributed by atoms with Gasteiger partial charge in [0.25, 0.3) is 5.91 Å². The molecule has 7 heteroatoms. The Morgan fingerprint density at radius 1 is 1.12 bits per heavy atom. The van der Waals surface area contributed by atoms with Crippen LogP contribution in [0.4, 0.5) is 10.5 Å². The van der Waals surface area contributed by atoms with Gasteiger partial charge >= 0.3 is 6.03 Å². The topological polar surface area (TPSA) is 73.9 Å². The summed E-state index contributed by atoms with van der Waals surface area (Å²) in [5.41, 5.74) is 3.73. The van der Waals surface area contributed by atoms with E-state index in [0.29, 0.717) is 31.1 Å². The van der Waals surface area contributed by atoms with Crippen LogP contribution >= 0.6 is 0 Å². The summed E-state index contributed by atoms with van der Waals surface area (Å²) in [7, 11) is 1.68. The zero-order valence-corrected chi connectivity index (χ0v) is 18.9. The van der Waals surface area contributed by atoms with Crippen LogP contribution < -0.4 is 20.3 Å². The van der Waals surface area contributed by atoms with E-state index in [1.807, 2.05) is 31.2 Å². The number of hydrogen-bond donors (Lipinski definition) is 2. The molecule has 2 heterocycles. The molecular formula is C25H32N4O3. The highest BCUT2D eigenvalue weighted by atomic mass is 16.5. The Morgan fingerprint density at radius 2 is 1.88 bits per heavy atom. The first kappa shape index (κ1) is 22.1. The van der Waals surface area contributed by atoms with E-state index in [-0.39, 0.29) is 11.9 Å². The molecule has 2 fully saturated rings. The maximum absolute atomic E-state index is 12.7. The number of benzene rings is 2. The molecule has 2 aromatic carbocycles. The van der Waals surface area contributed by atoms with E-state index in [2.05, 4.69) is 27.7 Å². The van der Waals surface area contributed by atoms with Gasteiger partial charge in [0, 0.05) is 37.4 Å². The van der Waals surface area contributed by atoms with Gasteiger partial charge in [-0.2, -0.15) is 0 Å². The summed E-state index contributed by atoms with van der Waals surface area (Å²) >= 11 is 0. The van der Waals surface area contributed by atoms with Gasteiger partial charge in [0.15, 0.2) is 0 Å². The second kappa shape index (κ2) is 10.0. The highest BCUT2D eigenvalue weighted by Gasteiger charge is 2.23. The van der Waals surface area contributed by atoms with E-state index in [1.165, 1.54) is 5.56 Å². The Balaban J connectivity index is 1.23.